The summed E-state index contributed by atoms with van der Waals surface area (Å²) in [7, 11) is 0. The van der Waals surface area contributed by atoms with Gasteiger partial charge >= 0.3 is 0 Å². The van der Waals surface area contributed by atoms with Crippen molar-refractivity contribution >= 4 is 21.6 Å². The Labute approximate surface area is 117 Å². The number of hydrogen-bond acceptors (Lipinski definition) is 2. The zero-order valence-electron chi connectivity index (χ0n) is 9.79. The molecule has 3 aromatic rings. The summed E-state index contributed by atoms with van der Waals surface area (Å²) < 4.78 is 15.6. The van der Waals surface area contributed by atoms with Gasteiger partial charge in [0.05, 0.1) is 16.4 Å². The predicted molar refractivity (Wildman–Crippen MR) is 73.4 cm³/mol. The van der Waals surface area contributed by atoms with Crippen LogP contribution in [0.3, 0.4) is 0 Å². The van der Waals surface area contributed by atoms with Crippen molar-refractivity contribution in [3.8, 4) is 0 Å². The van der Waals surface area contributed by atoms with Crippen molar-refractivity contribution in [2.75, 3.05) is 0 Å². The van der Waals surface area contributed by atoms with Gasteiger partial charge in [-0.15, -0.1) is 0 Å². The summed E-state index contributed by atoms with van der Waals surface area (Å²) in [5.74, 6) is -0.322. The molecular formula is C14H10BrFN2O. The first kappa shape index (κ1) is 12.3. The predicted octanol–water partition coefficient (Wildman–Crippen LogP) is 3.32. The molecule has 2 heterocycles. The summed E-state index contributed by atoms with van der Waals surface area (Å²) >= 11 is 3.41. The van der Waals surface area contributed by atoms with Gasteiger partial charge in [-0.2, -0.15) is 0 Å². The Bertz CT molecular complexity index is 724. The molecule has 19 heavy (non-hydrogen) atoms. The molecule has 0 saturated heterocycles. The molecule has 1 atom stereocenters. The van der Waals surface area contributed by atoms with Crippen LogP contribution in [0, 0.1) is 5.82 Å². The Kier molecular flexibility index (Phi) is 3.08. The zero-order chi connectivity index (χ0) is 13.4. The number of benzene rings is 1. The lowest BCUT2D eigenvalue weighted by molar-refractivity contribution is 0.214. The fraction of sp³-hybridized carbons (Fsp3) is 0.0714. The minimum atomic E-state index is -0.843. The van der Waals surface area contributed by atoms with Gasteiger partial charge in [-0.05, 0) is 45.8 Å². The van der Waals surface area contributed by atoms with Crippen LogP contribution in [0.2, 0.25) is 0 Å². The standard InChI is InChI=1S/C14H10BrFN2O/c15-11-2-1-7-18-12(8-17-14(11)18)13(19)9-3-5-10(16)6-4-9/h1-8,13,19H. The highest BCUT2D eigenvalue weighted by Crippen LogP contribution is 2.25. The number of aliphatic hydroxyl groups is 1. The maximum absolute atomic E-state index is 12.9. The Morgan fingerprint density at radius 3 is 2.68 bits per heavy atom. The molecule has 0 amide bonds. The van der Waals surface area contributed by atoms with Crippen LogP contribution in [-0.2, 0) is 0 Å². The van der Waals surface area contributed by atoms with Crippen molar-refractivity contribution in [2.24, 2.45) is 0 Å². The van der Waals surface area contributed by atoms with E-state index < -0.39 is 6.10 Å². The molecule has 3 rings (SSSR count). The average molecular weight is 321 g/mol. The maximum Gasteiger partial charge on any atom is 0.151 e. The third kappa shape index (κ3) is 2.15. The van der Waals surface area contributed by atoms with E-state index in [4.69, 9.17) is 0 Å². The van der Waals surface area contributed by atoms with E-state index in [1.54, 1.807) is 22.7 Å². The van der Waals surface area contributed by atoms with Crippen molar-refractivity contribution in [3.63, 3.8) is 0 Å². The first-order valence-corrected chi connectivity index (χ1v) is 6.51. The van der Waals surface area contributed by atoms with Gasteiger partial charge in [0.2, 0.25) is 0 Å². The lowest BCUT2D eigenvalue weighted by Gasteiger charge is -2.11. The van der Waals surface area contributed by atoms with Crippen LogP contribution in [0.4, 0.5) is 4.39 Å². The molecule has 0 aliphatic carbocycles. The lowest BCUT2D eigenvalue weighted by Crippen LogP contribution is -2.03. The minimum absolute atomic E-state index is 0.322. The van der Waals surface area contributed by atoms with Crippen LogP contribution in [-0.4, -0.2) is 14.5 Å². The zero-order valence-corrected chi connectivity index (χ0v) is 11.4. The molecule has 3 nitrogen and oxygen atoms in total. The SMILES string of the molecule is OC(c1ccc(F)cc1)c1cnc2c(Br)cccn12. The molecular weight excluding hydrogens is 311 g/mol. The summed E-state index contributed by atoms with van der Waals surface area (Å²) in [5, 5.41) is 10.4. The Hall–Kier alpha value is -1.72. The van der Waals surface area contributed by atoms with Crippen LogP contribution in [0.15, 0.2) is 53.3 Å². The molecule has 1 unspecified atom stereocenters. The number of pyridine rings is 1. The summed E-state index contributed by atoms with van der Waals surface area (Å²) in [6.45, 7) is 0. The quantitative estimate of drug-likeness (QED) is 0.786. The smallest absolute Gasteiger partial charge is 0.151 e. The van der Waals surface area contributed by atoms with Gasteiger partial charge < -0.3 is 9.51 Å². The fourth-order valence-electron chi connectivity index (χ4n) is 2.01. The van der Waals surface area contributed by atoms with Crippen molar-refractivity contribution in [2.45, 2.75) is 6.10 Å². The molecule has 0 aliphatic heterocycles. The number of halogens is 2. The molecule has 0 saturated carbocycles. The second-order valence-corrected chi connectivity index (χ2v) is 5.04. The van der Waals surface area contributed by atoms with E-state index in [1.807, 2.05) is 18.3 Å². The third-order valence-corrected chi connectivity index (χ3v) is 3.60. The molecule has 0 bridgehead atoms. The van der Waals surface area contributed by atoms with Crippen molar-refractivity contribution in [1.82, 2.24) is 9.38 Å². The van der Waals surface area contributed by atoms with Gasteiger partial charge in [-0.1, -0.05) is 12.1 Å². The monoisotopic (exact) mass is 320 g/mol. The van der Waals surface area contributed by atoms with Crippen LogP contribution in [0.25, 0.3) is 5.65 Å². The molecule has 0 aliphatic rings. The number of imidazole rings is 1. The molecule has 96 valence electrons. The Morgan fingerprint density at radius 1 is 1.21 bits per heavy atom. The molecule has 1 N–H and O–H groups in total. The van der Waals surface area contributed by atoms with Crippen LogP contribution >= 0.6 is 15.9 Å². The van der Waals surface area contributed by atoms with Gasteiger partial charge in [-0.3, -0.25) is 0 Å². The number of fused-ring (bicyclic) bond motifs is 1. The second-order valence-electron chi connectivity index (χ2n) is 4.19. The van der Waals surface area contributed by atoms with Crippen molar-refractivity contribution in [3.05, 3.63) is 70.3 Å². The van der Waals surface area contributed by atoms with Gasteiger partial charge in [0.15, 0.2) is 5.65 Å². The average Bonchev–Trinajstić information content (AvgIpc) is 2.84. The second kappa shape index (κ2) is 4.75. The highest BCUT2D eigenvalue weighted by atomic mass is 79.9. The highest BCUT2D eigenvalue weighted by molar-refractivity contribution is 9.10. The van der Waals surface area contributed by atoms with E-state index >= 15 is 0 Å². The third-order valence-electron chi connectivity index (χ3n) is 2.98. The van der Waals surface area contributed by atoms with Gasteiger partial charge in [0.1, 0.15) is 11.9 Å². The van der Waals surface area contributed by atoms with Crippen LogP contribution in [0.1, 0.15) is 17.4 Å². The van der Waals surface area contributed by atoms with Crippen LogP contribution < -0.4 is 0 Å². The number of nitrogens with zero attached hydrogens (tertiary/aromatic N) is 2. The van der Waals surface area contributed by atoms with Crippen molar-refractivity contribution < 1.29 is 9.50 Å². The summed E-state index contributed by atoms with van der Waals surface area (Å²) in [5.41, 5.74) is 2.00. The van der Waals surface area contributed by atoms with Gasteiger partial charge in [0, 0.05) is 6.20 Å². The molecule has 0 fully saturated rings. The molecule has 0 radical (unpaired) electrons. The number of aliphatic hydroxyl groups excluding tert-OH is 1. The summed E-state index contributed by atoms with van der Waals surface area (Å²) in [6.07, 6.45) is 2.61. The largest absolute Gasteiger partial charge is 0.382 e. The van der Waals surface area contributed by atoms with Crippen LogP contribution in [0.5, 0.6) is 0 Å². The van der Waals surface area contributed by atoms with Gasteiger partial charge in [0.25, 0.3) is 0 Å². The normalized spacial score (nSPS) is 12.8. The maximum atomic E-state index is 12.9. The Morgan fingerprint density at radius 2 is 1.95 bits per heavy atom. The van der Waals surface area contributed by atoms with E-state index in [1.165, 1.54) is 12.1 Å². The highest BCUT2D eigenvalue weighted by Gasteiger charge is 2.16. The summed E-state index contributed by atoms with van der Waals surface area (Å²) in [6, 6.07) is 9.54. The van der Waals surface area contributed by atoms with E-state index in [-0.39, 0.29) is 5.82 Å². The fourth-order valence-corrected chi connectivity index (χ4v) is 2.46. The molecule has 2 aromatic heterocycles. The van der Waals surface area contributed by atoms with E-state index in [2.05, 4.69) is 20.9 Å². The first-order valence-electron chi connectivity index (χ1n) is 5.72. The summed E-state index contributed by atoms with van der Waals surface area (Å²) in [4.78, 5) is 4.26. The molecule has 1 aromatic carbocycles. The number of hydrogen-bond donors (Lipinski definition) is 1. The van der Waals surface area contributed by atoms with Gasteiger partial charge in [-0.25, -0.2) is 9.37 Å². The van der Waals surface area contributed by atoms with E-state index in [0.29, 0.717) is 11.3 Å². The Balaban J connectivity index is 2.09. The first-order chi connectivity index (χ1) is 9.16. The number of aromatic nitrogens is 2. The minimum Gasteiger partial charge on any atom is -0.382 e. The lowest BCUT2D eigenvalue weighted by atomic mass is 10.1. The van der Waals surface area contributed by atoms with Crippen molar-refractivity contribution in [1.29, 1.82) is 0 Å². The van der Waals surface area contributed by atoms with E-state index in [9.17, 15) is 9.50 Å². The number of rotatable bonds is 2. The topological polar surface area (TPSA) is 37.5 Å². The van der Waals surface area contributed by atoms with E-state index in [0.717, 1.165) is 10.1 Å². The molecule has 0 spiro atoms. The molecule has 5 heteroatoms.